The van der Waals surface area contributed by atoms with E-state index in [0.29, 0.717) is 22.1 Å². The van der Waals surface area contributed by atoms with Gasteiger partial charge >= 0.3 is 11.3 Å². The lowest BCUT2D eigenvalue weighted by atomic mass is 10.0. The number of aromatic nitrogens is 3. The summed E-state index contributed by atoms with van der Waals surface area (Å²) >= 11 is 1.35. The Balaban J connectivity index is 2.10. The van der Waals surface area contributed by atoms with Crippen molar-refractivity contribution in [2.75, 3.05) is 11.2 Å². The van der Waals surface area contributed by atoms with Gasteiger partial charge in [0.15, 0.2) is 0 Å². The molecule has 0 unspecified atom stereocenters. The zero-order chi connectivity index (χ0) is 18.3. The van der Waals surface area contributed by atoms with E-state index in [4.69, 9.17) is 0 Å². The number of fused-ring (bicyclic) bond motifs is 3. The van der Waals surface area contributed by atoms with Crippen LogP contribution in [0.25, 0.3) is 11.3 Å². The molecule has 1 atom stereocenters. The molecule has 1 aliphatic rings. The van der Waals surface area contributed by atoms with Gasteiger partial charge in [-0.25, -0.2) is 4.90 Å². The number of aromatic amines is 1. The van der Waals surface area contributed by atoms with E-state index in [-0.39, 0.29) is 11.5 Å². The Hall–Kier alpha value is -2.93. The Bertz CT molecular complexity index is 1050. The average Bonchev–Trinajstić information content (AvgIpc) is 2.66. The smallest absolute Gasteiger partial charge is 0.291 e. The minimum atomic E-state index is -0.521. The lowest BCUT2D eigenvalue weighted by molar-refractivity contribution is -0.763. The monoisotopic (exact) mass is 365 g/mol. The summed E-state index contributed by atoms with van der Waals surface area (Å²) in [5.74, 6) is -0.114. The summed E-state index contributed by atoms with van der Waals surface area (Å²) < 4.78 is 1.66. The van der Waals surface area contributed by atoms with Crippen LogP contribution in [-0.4, -0.2) is 22.2 Å². The summed E-state index contributed by atoms with van der Waals surface area (Å²) in [6.45, 7) is 1.53. The Morgan fingerprint density at radius 2 is 1.85 bits per heavy atom. The zero-order valence-corrected chi connectivity index (χ0v) is 15.2. The van der Waals surface area contributed by atoms with Gasteiger partial charge in [-0.3, -0.25) is 14.6 Å². The first-order valence-electron chi connectivity index (χ1n) is 8.16. The number of hydrogen-bond donors (Lipinski definition) is 1. The minimum absolute atomic E-state index is 0.114. The van der Waals surface area contributed by atoms with Gasteiger partial charge in [-0.2, -0.15) is 0 Å². The van der Waals surface area contributed by atoms with Crippen LogP contribution in [0, 0.1) is 0 Å². The quantitative estimate of drug-likeness (QED) is 0.559. The molecule has 3 aromatic rings. The van der Waals surface area contributed by atoms with Crippen LogP contribution in [-0.2, 0) is 4.79 Å². The molecular formula is C19H17N4O2S+. The first kappa shape index (κ1) is 16.5. The molecule has 1 aliphatic heterocycles. The number of hydrogen-bond acceptors (Lipinski definition) is 4. The number of carbonyl (C=O) groups is 1. The van der Waals surface area contributed by atoms with E-state index in [9.17, 15) is 9.59 Å². The fourth-order valence-electron chi connectivity index (χ4n) is 3.33. The highest BCUT2D eigenvalue weighted by atomic mass is 32.2. The van der Waals surface area contributed by atoms with Crippen LogP contribution < -0.4 is 15.1 Å². The van der Waals surface area contributed by atoms with E-state index in [1.54, 1.807) is 9.58 Å². The zero-order valence-electron chi connectivity index (χ0n) is 14.3. The van der Waals surface area contributed by atoms with Crippen molar-refractivity contribution in [2.24, 2.45) is 0 Å². The number of H-pyrrole nitrogens is 1. The Kier molecular flexibility index (Phi) is 4.08. The van der Waals surface area contributed by atoms with Crippen molar-refractivity contribution in [3.63, 3.8) is 0 Å². The van der Waals surface area contributed by atoms with Crippen LogP contribution in [0.15, 0.2) is 64.5 Å². The Labute approximate surface area is 154 Å². The van der Waals surface area contributed by atoms with E-state index in [0.717, 1.165) is 5.56 Å². The number of rotatable bonds is 2. The topological polar surface area (TPSA) is 69.9 Å². The fraction of sp³-hybridized carbons (Fsp3) is 0.158. The highest BCUT2D eigenvalue weighted by Gasteiger charge is 2.44. The molecular weight excluding hydrogens is 348 g/mol. The predicted molar refractivity (Wildman–Crippen MR) is 100 cm³/mol. The van der Waals surface area contributed by atoms with Crippen LogP contribution in [0.4, 0.5) is 5.69 Å². The van der Waals surface area contributed by atoms with Gasteiger partial charge in [0.25, 0.3) is 6.17 Å². The first-order chi connectivity index (χ1) is 12.6. The molecule has 2 heterocycles. The summed E-state index contributed by atoms with van der Waals surface area (Å²) in [6, 6.07) is 17.0. The number of para-hydroxylation sites is 1. The van der Waals surface area contributed by atoms with Crippen molar-refractivity contribution >= 4 is 23.4 Å². The van der Waals surface area contributed by atoms with Crippen LogP contribution in [0.1, 0.15) is 18.7 Å². The van der Waals surface area contributed by atoms with Gasteiger partial charge in [-0.1, -0.05) is 54.2 Å². The minimum Gasteiger partial charge on any atom is -0.291 e. The van der Waals surface area contributed by atoms with Gasteiger partial charge in [0, 0.05) is 17.6 Å². The molecule has 1 amide bonds. The Morgan fingerprint density at radius 3 is 2.54 bits per heavy atom. The second kappa shape index (κ2) is 6.42. The van der Waals surface area contributed by atoms with Gasteiger partial charge < -0.3 is 0 Å². The highest BCUT2D eigenvalue weighted by Crippen LogP contribution is 2.36. The third kappa shape index (κ3) is 2.52. The number of amides is 1. The summed E-state index contributed by atoms with van der Waals surface area (Å²) in [5.41, 5.74) is 2.51. The van der Waals surface area contributed by atoms with Crippen molar-refractivity contribution in [3.05, 3.63) is 70.5 Å². The maximum atomic E-state index is 12.8. The van der Waals surface area contributed by atoms with E-state index >= 15 is 0 Å². The molecule has 0 radical (unpaired) electrons. The van der Waals surface area contributed by atoms with E-state index in [1.807, 2.05) is 60.9 Å². The van der Waals surface area contributed by atoms with Crippen LogP contribution >= 0.6 is 11.8 Å². The molecule has 4 rings (SSSR count). The second-order valence-electron chi connectivity index (χ2n) is 5.95. The predicted octanol–water partition coefficient (Wildman–Crippen LogP) is 2.36. The van der Waals surface area contributed by atoms with Crippen LogP contribution in [0.2, 0.25) is 0 Å². The largest absolute Gasteiger partial charge is 0.325 e. The van der Waals surface area contributed by atoms with Crippen molar-refractivity contribution in [2.45, 2.75) is 18.2 Å². The molecule has 2 aromatic carbocycles. The highest BCUT2D eigenvalue weighted by molar-refractivity contribution is 7.98. The van der Waals surface area contributed by atoms with E-state index in [2.05, 4.69) is 10.1 Å². The van der Waals surface area contributed by atoms with Crippen LogP contribution in [0.5, 0.6) is 0 Å². The third-order valence-electron chi connectivity index (χ3n) is 4.39. The van der Waals surface area contributed by atoms with Crippen molar-refractivity contribution < 1.29 is 9.48 Å². The van der Waals surface area contributed by atoms with Gasteiger partial charge in [-0.05, 0) is 23.1 Å². The van der Waals surface area contributed by atoms with E-state index < -0.39 is 6.17 Å². The van der Waals surface area contributed by atoms with Crippen molar-refractivity contribution in [1.29, 1.82) is 0 Å². The van der Waals surface area contributed by atoms with Gasteiger partial charge in [0.2, 0.25) is 11.1 Å². The number of carbonyl (C=O) groups excluding carboxylic acids is 1. The fourth-order valence-corrected chi connectivity index (χ4v) is 3.69. The number of benzene rings is 2. The number of anilines is 1. The van der Waals surface area contributed by atoms with Crippen molar-refractivity contribution in [1.82, 2.24) is 10.1 Å². The molecule has 26 heavy (non-hydrogen) atoms. The molecule has 0 saturated heterocycles. The van der Waals surface area contributed by atoms with Gasteiger partial charge in [-0.15, -0.1) is 0 Å². The molecule has 0 saturated carbocycles. The van der Waals surface area contributed by atoms with Gasteiger partial charge in [0.1, 0.15) is 0 Å². The third-order valence-corrected chi connectivity index (χ3v) is 4.96. The maximum Gasteiger partial charge on any atom is 0.325 e. The molecule has 1 N–H and O–H groups in total. The molecule has 7 heteroatoms. The molecule has 0 spiro atoms. The first-order valence-corrected chi connectivity index (χ1v) is 9.38. The second-order valence-corrected chi connectivity index (χ2v) is 6.74. The van der Waals surface area contributed by atoms with Crippen LogP contribution in [0.3, 0.4) is 0 Å². The SMILES string of the molecule is CSc1n[n+]2c(c(=O)[nH]1)-c1ccccc1N(C(C)=O)[C@@H]2c1ccccc1. The normalized spacial score (nSPS) is 15.3. The summed E-state index contributed by atoms with van der Waals surface area (Å²) in [4.78, 5) is 29.9. The standard InChI is InChI=1S/C19H16N4O2S/c1-12(24)22-15-11-7-6-10-14(15)16-17(25)20-19(26-2)21-23(16)18(22)13-8-4-3-5-9-13/h3-11,18H,1-2H3/p+1/t18-/m0/s1. The molecule has 130 valence electrons. The summed E-state index contributed by atoms with van der Waals surface area (Å²) in [7, 11) is 0. The van der Waals surface area contributed by atoms with Crippen molar-refractivity contribution in [3.8, 4) is 11.3 Å². The van der Waals surface area contributed by atoms with Gasteiger partial charge in [0.05, 0.1) is 11.3 Å². The van der Waals surface area contributed by atoms with E-state index in [1.165, 1.54) is 18.7 Å². The molecule has 0 fully saturated rings. The lowest BCUT2D eigenvalue weighted by Crippen LogP contribution is -2.60. The number of nitrogens with one attached hydrogen (secondary N) is 1. The average molecular weight is 365 g/mol. The molecule has 6 nitrogen and oxygen atoms in total. The summed E-state index contributed by atoms with van der Waals surface area (Å²) in [6.07, 6.45) is 1.33. The Morgan fingerprint density at radius 1 is 1.15 bits per heavy atom. The molecule has 0 aliphatic carbocycles. The number of nitrogens with zero attached hydrogens (tertiary/aromatic N) is 3. The molecule has 0 bridgehead atoms. The lowest BCUT2D eigenvalue weighted by Gasteiger charge is -2.31. The summed E-state index contributed by atoms with van der Waals surface area (Å²) in [5, 5.41) is 5.11. The maximum absolute atomic E-state index is 12.8. The number of thioether (sulfide) groups is 1. The molecule has 1 aromatic heterocycles.